The van der Waals surface area contributed by atoms with Crippen LogP contribution in [0.1, 0.15) is 6.92 Å². The van der Waals surface area contributed by atoms with Gasteiger partial charge in [0.25, 0.3) is 0 Å². The molecule has 1 aliphatic rings. The molecule has 3 nitrogen and oxygen atoms in total. The summed E-state index contributed by atoms with van der Waals surface area (Å²) in [6, 6.07) is 0.252. The molecule has 0 radical (unpaired) electrons. The van der Waals surface area contributed by atoms with Gasteiger partial charge in [0.1, 0.15) is 6.61 Å². The number of hydrogen-bond donors (Lipinski definition) is 0. The Kier molecular flexibility index (Phi) is 1.12. The minimum Gasteiger partial charge on any atom is -0.447 e. The summed E-state index contributed by atoms with van der Waals surface area (Å²) in [5.74, 6) is 0. The van der Waals surface area contributed by atoms with Crippen LogP contribution in [-0.2, 0) is 4.74 Å². The SMILES string of the molecule is C[C@H]1COC(=O)N1C. The van der Waals surface area contributed by atoms with E-state index in [9.17, 15) is 4.79 Å². The van der Waals surface area contributed by atoms with Gasteiger partial charge in [-0.2, -0.15) is 0 Å². The lowest BCUT2D eigenvalue weighted by Crippen LogP contribution is -2.25. The number of carbonyl (C=O) groups excluding carboxylic acids is 1. The largest absolute Gasteiger partial charge is 0.447 e. The molecular formula is C5H9NO2. The molecule has 1 amide bonds. The van der Waals surface area contributed by atoms with Gasteiger partial charge in [0.05, 0.1) is 6.04 Å². The summed E-state index contributed by atoms with van der Waals surface area (Å²) in [5, 5.41) is 0. The normalized spacial score (nSPS) is 28.5. The average Bonchev–Trinajstić information content (AvgIpc) is 1.98. The second-order valence-electron chi connectivity index (χ2n) is 2.04. The highest BCUT2D eigenvalue weighted by atomic mass is 16.6. The van der Waals surface area contributed by atoms with Gasteiger partial charge in [-0.3, -0.25) is 0 Å². The summed E-state index contributed by atoms with van der Waals surface area (Å²) < 4.78 is 4.66. The number of likely N-dealkylation sites (N-methyl/N-ethyl adjacent to an activating group) is 1. The molecule has 8 heavy (non-hydrogen) atoms. The number of carbonyl (C=O) groups is 1. The molecule has 1 aliphatic heterocycles. The lowest BCUT2D eigenvalue weighted by Gasteiger charge is -2.08. The number of amides is 1. The molecule has 1 saturated heterocycles. The van der Waals surface area contributed by atoms with Crippen LogP contribution in [0.2, 0.25) is 0 Å². The predicted octanol–water partition coefficient (Wildman–Crippen LogP) is 0.457. The monoisotopic (exact) mass is 115 g/mol. The van der Waals surface area contributed by atoms with Crippen LogP contribution in [0.25, 0.3) is 0 Å². The molecule has 0 aromatic carbocycles. The Balaban J connectivity index is 2.56. The number of rotatable bonds is 0. The summed E-state index contributed by atoms with van der Waals surface area (Å²) in [6.45, 7) is 2.49. The second kappa shape index (κ2) is 1.65. The van der Waals surface area contributed by atoms with E-state index in [1.54, 1.807) is 11.9 Å². The maximum Gasteiger partial charge on any atom is 0.409 e. The fourth-order valence-electron chi connectivity index (χ4n) is 0.585. The maximum absolute atomic E-state index is 10.5. The third kappa shape index (κ3) is 0.638. The lowest BCUT2D eigenvalue weighted by molar-refractivity contribution is 0.163. The van der Waals surface area contributed by atoms with Gasteiger partial charge in [-0.1, -0.05) is 0 Å². The molecule has 0 N–H and O–H groups in total. The number of hydrogen-bond acceptors (Lipinski definition) is 2. The van der Waals surface area contributed by atoms with Crippen LogP contribution in [0.15, 0.2) is 0 Å². The van der Waals surface area contributed by atoms with Crippen molar-refractivity contribution in [2.75, 3.05) is 13.7 Å². The molecule has 0 spiro atoms. The molecule has 0 aromatic rings. The maximum atomic E-state index is 10.5. The van der Waals surface area contributed by atoms with Crippen molar-refractivity contribution in [3.05, 3.63) is 0 Å². The van der Waals surface area contributed by atoms with Crippen molar-refractivity contribution in [3.63, 3.8) is 0 Å². The van der Waals surface area contributed by atoms with Crippen molar-refractivity contribution >= 4 is 6.09 Å². The van der Waals surface area contributed by atoms with E-state index < -0.39 is 0 Å². The number of nitrogens with zero attached hydrogens (tertiary/aromatic N) is 1. The molecule has 46 valence electrons. The Morgan fingerprint density at radius 3 is 2.62 bits per heavy atom. The van der Waals surface area contributed by atoms with Crippen molar-refractivity contribution in [1.82, 2.24) is 4.90 Å². The van der Waals surface area contributed by atoms with Crippen LogP contribution in [0.5, 0.6) is 0 Å². The molecule has 0 bridgehead atoms. The van der Waals surface area contributed by atoms with Gasteiger partial charge in [-0.15, -0.1) is 0 Å². The first kappa shape index (κ1) is 5.41. The van der Waals surface area contributed by atoms with Gasteiger partial charge in [0.15, 0.2) is 0 Å². The molecule has 3 heteroatoms. The second-order valence-corrected chi connectivity index (χ2v) is 2.04. The van der Waals surface area contributed by atoms with E-state index in [-0.39, 0.29) is 12.1 Å². The van der Waals surface area contributed by atoms with Crippen LogP contribution in [0, 0.1) is 0 Å². The Morgan fingerprint density at radius 2 is 2.50 bits per heavy atom. The Morgan fingerprint density at radius 1 is 1.88 bits per heavy atom. The van der Waals surface area contributed by atoms with Crippen LogP contribution >= 0.6 is 0 Å². The molecule has 0 unspecified atom stereocenters. The Bertz CT molecular complexity index is 113. The number of ether oxygens (including phenoxy) is 1. The average molecular weight is 115 g/mol. The molecular weight excluding hydrogens is 106 g/mol. The minimum absolute atomic E-state index is 0.211. The van der Waals surface area contributed by atoms with E-state index >= 15 is 0 Å². The van der Waals surface area contributed by atoms with Crippen molar-refractivity contribution in [2.24, 2.45) is 0 Å². The molecule has 1 rings (SSSR count). The van der Waals surface area contributed by atoms with Gasteiger partial charge in [-0.05, 0) is 6.92 Å². The van der Waals surface area contributed by atoms with Crippen molar-refractivity contribution in [2.45, 2.75) is 13.0 Å². The van der Waals surface area contributed by atoms with E-state index in [0.29, 0.717) is 6.61 Å². The first-order valence-electron chi connectivity index (χ1n) is 2.61. The fourth-order valence-corrected chi connectivity index (χ4v) is 0.585. The molecule has 0 saturated carbocycles. The van der Waals surface area contributed by atoms with Crippen molar-refractivity contribution in [3.8, 4) is 0 Å². The van der Waals surface area contributed by atoms with Gasteiger partial charge in [0.2, 0.25) is 0 Å². The summed E-state index contributed by atoms with van der Waals surface area (Å²) in [4.78, 5) is 12.1. The molecule has 1 atom stereocenters. The standard InChI is InChI=1S/C5H9NO2/c1-4-3-8-5(7)6(4)2/h4H,3H2,1-2H3/t4-/m0/s1. The van der Waals surface area contributed by atoms with E-state index in [4.69, 9.17) is 0 Å². The zero-order valence-electron chi connectivity index (χ0n) is 5.05. The van der Waals surface area contributed by atoms with Crippen LogP contribution in [0.4, 0.5) is 4.79 Å². The molecule has 1 fully saturated rings. The first-order chi connectivity index (χ1) is 3.72. The first-order valence-corrected chi connectivity index (χ1v) is 2.61. The van der Waals surface area contributed by atoms with E-state index in [1.807, 2.05) is 6.92 Å². The van der Waals surface area contributed by atoms with Crippen LogP contribution < -0.4 is 0 Å². The number of cyclic esters (lactones) is 1. The summed E-state index contributed by atoms with van der Waals surface area (Å²) in [7, 11) is 1.74. The van der Waals surface area contributed by atoms with Gasteiger partial charge in [0, 0.05) is 7.05 Å². The summed E-state index contributed by atoms with van der Waals surface area (Å²) in [5.41, 5.74) is 0. The van der Waals surface area contributed by atoms with Crippen molar-refractivity contribution < 1.29 is 9.53 Å². The van der Waals surface area contributed by atoms with Crippen LogP contribution in [-0.4, -0.2) is 30.7 Å². The quantitative estimate of drug-likeness (QED) is 0.459. The smallest absolute Gasteiger partial charge is 0.409 e. The molecule has 0 aromatic heterocycles. The Hall–Kier alpha value is -0.730. The van der Waals surface area contributed by atoms with E-state index in [1.165, 1.54) is 0 Å². The predicted molar refractivity (Wildman–Crippen MR) is 28.6 cm³/mol. The molecule has 1 heterocycles. The van der Waals surface area contributed by atoms with Gasteiger partial charge in [-0.25, -0.2) is 4.79 Å². The highest BCUT2D eigenvalue weighted by Crippen LogP contribution is 2.06. The zero-order valence-corrected chi connectivity index (χ0v) is 5.05. The topological polar surface area (TPSA) is 29.5 Å². The summed E-state index contributed by atoms with van der Waals surface area (Å²) in [6.07, 6.45) is -0.211. The molecule has 0 aliphatic carbocycles. The summed E-state index contributed by atoms with van der Waals surface area (Å²) >= 11 is 0. The van der Waals surface area contributed by atoms with Crippen molar-refractivity contribution in [1.29, 1.82) is 0 Å². The minimum atomic E-state index is -0.211. The highest BCUT2D eigenvalue weighted by Gasteiger charge is 2.24. The van der Waals surface area contributed by atoms with Crippen LogP contribution in [0.3, 0.4) is 0 Å². The third-order valence-corrected chi connectivity index (χ3v) is 1.40. The Labute approximate surface area is 48.2 Å². The van der Waals surface area contributed by atoms with E-state index in [0.717, 1.165) is 0 Å². The zero-order chi connectivity index (χ0) is 6.15. The fraction of sp³-hybridized carbons (Fsp3) is 0.800. The third-order valence-electron chi connectivity index (χ3n) is 1.40. The lowest BCUT2D eigenvalue weighted by atomic mass is 10.4. The van der Waals surface area contributed by atoms with E-state index in [2.05, 4.69) is 4.74 Å². The highest BCUT2D eigenvalue weighted by molar-refractivity contribution is 5.69. The van der Waals surface area contributed by atoms with Gasteiger partial charge < -0.3 is 9.64 Å². The van der Waals surface area contributed by atoms with Gasteiger partial charge >= 0.3 is 6.09 Å².